The van der Waals surface area contributed by atoms with E-state index >= 15 is 0 Å². The number of nitriles is 1. The van der Waals surface area contributed by atoms with Crippen LogP contribution < -0.4 is 0 Å². The van der Waals surface area contributed by atoms with Crippen molar-refractivity contribution in [2.24, 2.45) is 0 Å². The number of nitrogens with zero attached hydrogens (tertiary/aromatic N) is 4. The van der Waals surface area contributed by atoms with Crippen LogP contribution in [0.5, 0.6) is 0 Å². The standard InChI is InChI=1S/C20H24N4O3S/c1-18(2,3)27-17(25)24-19(4,5)26-12-20(24,6)16-23-22-15(28-16)14-9-7-13(11-21)8-10-14/h7-10H,12H2,1-6H3. The molecule has 0 N–H and O–H groups in total. The number of hydrogen-bond donors (Lipinski definition) is 0. The summed E-state index contributed by atoms with van der Waals surface area (Å²) >= 11 is 1.40. The monoisotopic (exact) mass is 400 g/mol. The van der Waals surface area contributed by atoms with Gasteiger partial charge in [-0.3, -0.25) is 4.90 Å². The van der Waals surface area contributed by atoms with E-state index in [0.717, 1.165) is 10.6 Å². The van der Waals surface area contributed by atoms with Crippen LogP contribution in [0.2, 0.25) is 0 Å². The number of aromatic nitrogens is 2. The van der Waals surface area contributed by atoms with Crippen LogP contribution in [-0.2, 0) is 15.0 Å². The van der Waals surface area contributed by atoms with Crippen LogP contribution in [0.1, 0.15) is 52.1 Å². The Labute approximate surface area is 168 Å². The molecule has 1 saturated heterocycles. The molecule has 1 fully saturated rings. The maximum absolute atomic E-state index is 13.0. The van der Waals surface area contributed by atoms with E-state index in [9.17, 15) is 4.79 Å². The van der Waals surface area contributed by atoms with Gasteiger partial charge in [0.1, 0.15) is 26.9 Å². The first-order valence-electron chi connectivity index (χ1n) is 8.98. The number of rotatable bonds is 2. The van der Waals surface area contributed by atoms with Crippen molar-refractivity contribution in [1.29, 1.82) is 5.26 Å². The number of amides is 1. The lowest BCUT2D eigenvalue weighted by Crippen LogP contribution is -2.54. The van der Waals surface area contributed by atoms with Gasteiger partial charge in [-0.25, -0.2) is 4.79 Å². The summed E-state index contributed by atoms with van der Waals surface area (Å²) in [5, 5.41) is 19.0. The van der Waals surface area contributed by atoms with Crippen molar-refractivity contribution in [3.8, 4) is 16.6 Å². The molecule has 1 aromatic carbocycles. The van der Waals surface area contributed by atoms with Gasteiger partial charge in [-0.2, -0.15) is 5.26 Å². The summed E-state index contributed by atoms with van der Waals surface area (Å²) in [5.41, 5.74) is -0.798. The highest BCUT2D eigenvalue weighted by atomic mass is 32.1. The minimum absolute atomic E-state index is 0.293. The van der Waals surface area contributed by atoms with Gasteiger partial charge in [0.2, 0.25) is 0 Å². The lowest BCUT2D eigenvalue weighted by molar-refractivity contribution is -0.0685. The van der Waals surface area contributed by atoms with Crippen LogP contribution in [0.15, 0.2) is 24.3 Å². The molecule has 0 aliphatic carbocycles. The molecule has 1 aliphatic heterocycles. The predicted molar refractivity (Wildman–Crippen MR) is 106 cm³/mol. The molecule has 0 radical (unpaired) electrons. The van der Waals surface area contributed by atoms with Crippen molar-refractivity contribution in [2.75, 3.05) is 6.61 Å². The normalized spacial score (nSPS) is 21.4. The summed E-state index contributed by atoms with van der Waals surface area (Å²) in [7, 11) is 0. The summed E-state index contributed by atoms with van der Waals surface area (Å²) in [6.07, 6.45) is -0.451. The van der Waals surface area contributed by atoms with Gasteiger partial charge in [0.15, 0.2) is 0 Å². The fourth-order valence-corrected chi connectivity index (χ4v) is 4.14. The SMILES string of the molecule is CC(C)(C)OC(=O)N1C(C)(C)OCC1(C)c1nnc(-c2ccc(C#N)cc2)s1. The number of carbonyl (C=O) groups is 1. The van der Waals surface area contributed by atoms with Crippen LogP contribution >= 0.6 is 11.3 Å². The second-order valence-corrected chi connectivity index (χ2v) is 9.40. The van der Waals surface area contributed by atoms with E-state index in [0.29, 0.717) is 17.2 Å². The molecule has 1 aliphatic rings. The molecule has 3 rings (SSSR count). The molecule has 28 heavy (non-hydrogen) atoms. The Morgan fingerprint density at radius 1 is 1.25 bits per heavy atom. The summed E-state index contributed by atoms with van der Waals surface area (Å²) in [6, 6.07) is 9.26. The van der Waals surface area contributed by atoms with Crippen LogP contribution in [0.25, 0.3) is 10.6 Å². The Balaban J connectivity index is 1.95. The highest BCUT2D eigenvalue weighted by Crippen LogP contribution is 2.44. The molecule has 0 saturated carbocycles. The molecule has 1 unspecified atom stereocenters. The van der Waals surface area contributed by atoms with E-state index in [-0.39, 0.29) is 0 Å². The molecule has 148 valence electrons. The number of ether oxygens (including phenoxy) is 2. The molecule has 2 aromatic rings. The maximum atomic E-state index is 13.0. The molecule has 0 bridgehead atoms. The molecule has 1 aromatic heterocycles. The topological polar surface area (TPSA) is 88.3 Å². The maximum Gasteiger partial charge on any atom is 0.413 e. The number of hydrogen-bond acceptors (Lipinski definition) is 7. The van der Waals surface area contributed by atoms with Crippen LogP contribution in [0.4, 0.5) is 4.79 Å². The van der Waals surface area contributed by atoms with Crippen molar-refractivity contribution in [3.05, 3.63) is 34.8 Å². The first-order chi connectivity index (χ1) is 13.0. The highest BCUT2D eigenvalue weighted by molar-refractivity contribution is 7.14. The Hall–Kier alpha value is -2.50. The minimum atomic E-state index is -0.836. The van der Waals surface area contributed by atoms with Gasteiger partial charge >= 0.3 is 6.09 Å². The van der Waals surface area contributed by atoms with E-state index in [1.807, 2.05) is 53.7 Å². The van der Waals surface area contributed by atoms with Crippen molar-refractivity contribution in [3.63, 3.8) is 0 Å². The molecular weight excluding hydrogens is 376 g/mol. The fraction of sp³-hybridized carbons (Fsp3) is 0.500. The second kappa shape index (κ2) is 6.83. The molecule has 1 amide bonds. The fourth-order valence-electron chi connectivity index (χ4n) is 3.17. The zero-order chi connectivity index (χ0) is 20.7. The van der Waals surface area contributed by atoms with Gasteiger partial charge in [-0.15, -0.1) is 10.2 Å². The van der Waals surface area contributed by atoms with Crippen molar-refractivity contribution in [2.45, 2.75) is 58.4 Å². The Morgan fingerprint density at radius 2 is 1.89 bits per heavy atom. The Morgan fingerprint density at radius 3 is 2.46 bits per heavy atom. The minimum Gasteiger partial charge on any atom is -0.444 e. The number of carbonyl (C=O) groups excluding carboxylic acids is 1. The largest absolute Gasteiger partial charge is 0.444 e. The quantitative estimate of drug-likeness (QED) is 0.747. The van der Waals surface area contributed by atoms with Crippen LogP contribution in [-0.4, -0.2) is 39.1 Å². The average Bonchev–Trinajstić information content (AvgIpc) is 3.17. The molecule has 2 heterocycles. The first-order valence-corrected chi connectivity index (χ1v) is 9.80. The molecule has 1 atom stereocenters. The third kappa shape index (κ3) is 3.73. The smallest absolute Gasteiger partial charge is 0.413 e. The van der Waals surface area contributed by atoms with E-state index in [1.54, 1.807) is 17.0 Å². The third-order valence-electron chi connectivity index (χ3n) is 4.46. The third-order valence-corrected chi connectivity index (χ3v) is 5.69. The molecule has 7 nitrogen and oxygen atoms in total. The van der Waals surface area contributed by atoms with E-state index in [2.05, 4.69) is 16.3 Å². The lowest BCUT2D eigenvalue weighted by Gasteiger charge is -2.39. The molecule has 8 heteroatoms. The van der Waals surface area contributed by atoms with E-state index in [1.165, 1.54) is 11.3 Å². The highest BCUT2D eigenvalue weighted by Gasteiger charge is 2.55. The van der Waals surface area contributed by atoms with E-state index < -0.39 is 23.0 Å². The second-order valence-electron chi connectivity index (χ2n) is 8.43. The van der Waals surface area contributed by atoms with Crippen LogP contribution in [0, 0.1) is 11.3 Å². The Bertz CT molecular complexity index is 924. The van der Waals surface area contributed by atoms with Gasteiger partial charge in [0.05, 0.1) is 18.2 Å². The van der Waals surface area contributed by atoms with Gasteiger partial charge in [0.25, 0.3) is 0 Å². The van der Waals surface area contributed by atoms with Crippen molar-refractivity contribution in [1.82, 2.24) is 15.1 Å². The summed E-state index contributed by atoms with van der Waals surface area (Å²) < 4.78 is 11.6. The average molecular weight is 401 g/mol. The van der Waals surface area contributed by atoms with Crippen LogP contribution in [0.3, 0.4) is 0 Å². The number of benzene rings is 1. The van der Waals surface area contributed by atoms with Gasteiger partial charge in [-0.1, -0.05) is 23.5 Å². The molecule has 0 spiro atoms. The summed E-state index contributed by atoms with van der Waals surface area (Å²) in [4.78, 5) is 14.6. The Kier molecular flexibility index (Phi) is 4.94. The summed E-state index contributed by atoms with van der Waals surface area (Å²) in [6.45, 7) is 11.4. The van der Waals surface area contributed by atoms with Crippen molar-refractivity contribution < 1.29 is 14.3 Å². The van der Waals surface area contributed by atoms with Gasteiger partial charge < -0.3 is 9.47 Å². The first kappa shape index (κ1) is 20.2. The zero-order valence-electron chi connectivity index (χ0n) is 16.9. The van der Waals surface area contributed by atoms with Gasteiger partial charge in [0, 0.05) is 5.56 Å². The van der Waals surface area contributed by atoms with E-state index in [4.69, 9.17) is 14.7 Å². The zero-order valence-corrected chi connectivity index (χ0v) is 17.8. The van der Waals surface area contributed by atoms with Crippen molar-refractivity contribution >= 4 is 17.4 Å². The lowest BCUT2D eigenvalue weighted by atomic mass is 10.0. The van der Waals surface area contributed by atoms with Gasteiger partial charge in [-0.05, 0) is 53.7 Å². The molecular formula is C20H24N4O3S. The summed E-state index contributed by atoms with van der Waals surface area (Å²) in [5.74, 6) is 0. The predicted octanol–water partition coefficient (Wildman–Crippen LogP) is 4.30.